The van der Waals surface area contributed by atoms with E-state index in [2.05, 4.69) is 18.9 Å². The normalized spacial score (nSPS) is 12.9. The topological polar surface area (TPSA) is 17.8 Å². The van der Waals surface area contributed by atoms with Crippen molar-refractivity contribution in [1.29, 1.82) is 0 Å². The highest BCUT2D eigenvalue weighted by molar-refractivity contribution is 8.23. The second-order valence-corrected chi connectivity index (χ2v) is 5.51. The monoisotopic (exact) mass is 228 g/mol. The standard InChI is InChI=1S/C10H16N2S2/c1-5-9(4)14-10(13)12-8(3)6-7(2)11-12/h6,9H,5H2,1-4H3. The SMILES string of the molecule is CCC(C)SC(=S)n1nc(C)cc1C. The molecule has 0 fully saturated rings. The summed E-state index contributed by atoms with van der Waals surface area (Å²) >= 11 is 7.04. The molecule has 1 heterocycles. The number of aryl methyl sites for hydroxylation is 2. The predicted octanol–water partition coefficient (Wildman–Crippen LogP) is 3.16. The Hall–Kier alpha value is -0.350. The van der Waals surface area contributed by atoms with Crippen LogP contribution in [0.1, 0.15) is 31.7 Å². The third-order valence-corrected chi connectivity index (χ3v) is 3.63. The van der Waals surface area contributed by atoms with Gasteiger partial charge in [-0.15, -0.1) is 0 Å². The fourth-order valence-electron chi connectivity index (χ4n) is 1.12. The first kappa shape index (κ1) is 11.7. The summed E-state index contributed by atoms with van der Waals surface area (Å²) in [5.41, 5.74) is 2.14. The number of hydrogen-bond donors (Lipinski definition) is 0. The maximum Gasteiger partial charge on any atom is 0.161 e. The smallest absolute Gasteiger partial charge is 0.161 e. The Morgan fingerprint density at radius 3 is 2.71 bits per heavy atom. The second kappa shape index (κ2) is 4.94. The van der Waals surface area contributed by atoms with Crippen molar-refractivity contribution in [3.8, 4) is 0 Å². The Bertz CT molecular complexity index is 331. The van der Waals surface area contributed by atoms with Crippen molar-refractivity contribution in [2.45, 2.75) is 39.4 Å². The minimum Gasteiger partial charge on any atom is -0.220 e. The van der Waals surface area contributed by atoms with Crippen LogP contribution >= 0.6 is 24.0 Å². The number of hydrogen-bond acceptors (Lipinski definition) is 3. The minimum atomic E-state index is 0.561. The van der Waals surface area contributed by atoms with E-state index in [0.717, 1.165) is 22.1 Å². The van der Waals surface area contributed by atoms with Crippen molar-refractivity contribution < 1.29 is 0 Å². The summed E-state index contributed by atoms with van der Waals surface area (Å²) in [5.74, 6) is 0. The molecule has 1 rings (SSSR count). The van der Waals surface area contributed by atoms with Gasteiger partial charge in [-0.25, -0.2) is 4.68 Å². The molecule has 4 heteroatoms. The van der Waals surface area contributed by atoms with Gasteiger partial charge in [-0.1, -0.05) is 37.8 Å². The van der Waals surface area contributed by atoms with Crippen LogP contribution in [0.15, 0.2) is 6.07 Å². The third kappa shape index (κ3) is 2.82. The van der Waals surface area contributed by atoms with E-state index < -0.39 is 0 Å². The van der Waals surface area contributed by atoms with Gasteiger partial charge in [-0.2, -0.15) is 5.10 Å². The maximum absolute atomic E-state index is 5.33. The van der Waals surface area contributed by atoms with Gasteiger partial charge in [-0.05, 0) is 26.3 Å². The highest BCUT2D eigenvalue weighted by Crippen LogP contribution is 2.18. The van der Waals surface area contributed by atoms with Crippen LogP contribution in [0.2, 0.25) is 0 Å². The number of nitrogens with zero attached hydrogens (tertiary/aromatic N) is 2. The van der Waals surface area contributed by atoms with Crippen LogP contribution in [0.25, 0.3) is 0 Å². The highest BCUT2D eigenvalue weighted by atomic mass is 32.2. The molecule has 1 atom stereocenters. The molecule has 0 aliphatic heterocycles. The first-order valence-corrected chi connectivity index (χ1v) is 6.07. The van der Waals surface area contributed by atoms with Gasteiger partial charge in [-0.3, -0.25) is 0 Å². The van der Waals surface area contributed by atoms with Crippen LogP contribution in [-0.4, -0.2) is 19.4 Å². The molecule has 0 aromatic carbocycles. The number of rotatable bonds is 2. The summed E-state index contributed by atoms with van der Waals surface area (Å²) in [4.78, 5) is 0. The van der Waals surface area contributed by atoms with E-state index in [1.807, 2.05) is 24.6 Å². The molecular formula is C10H16N2S2. The Balaban J connectivity index is 2.74. The molecule has 1 aromatic heterocycles. The highest BCUT2D eigenvalue weighted by Gasteiger charge is 2.09. The van der Waals surface area contributed by atoms with Crippen molar-refractivity contribution in [1.82, 2.24) is 9.78 Å². The molecule has 0 bridgehead atoms. The average molecular weight is 228 g/mol. The number of aromatic nitrogens is 2. The molecule has 0 spiro atoms. The van der Waals surface area contributed by atoms with Gasteiger partial charge in [0.05, 0.1) is 5.69 Å². The van der Waals surface area contributed by atoms with Crippen molar-refractivity contribution in [3.63, 3.8) is 0 Å². The van der Waals surface area contributed by atoms with Crippen LogP contribution in [0.4, 0.5) is 0 Å². The second-order valence-electron chi connectivity index (χ2n) is 3.44. The molecular weight excluding hydrogens is 212 g/mol. The van der Waals surface area contributed by atoms with E-state index in [4.69, 9.17) is 12.2 Å². The van der Waals surface area contributed by atoms with E-state index >= 15 is 0 Å². The van der Waals surface area contributed by atoms with Crippen molar-refractivity contribution in [3.05, 3.63) is 17.5 Å². The molecule has 2 nitrogen and oxygen atoms in total. The first-order valence-electron chi connectivity index (χ1n) is 4.78. The van der Waals surface area contributed by atoms with Crippen molar-refractivity contribution in [2.75, 3.05) is 0 Å². The zero-order valence-corrected chi connectivity index (χ0v) is 10.7. The lowest BCUT2D eigenvalue weighted by Gasteiger charge is -2.10. The largest absolute Gasteiger partial charge is 0.220 e. The molecule has 0 saturated carbocycles. The number of thiocarbonyl (C=S) groups is 1. The maximum atomic E-state index is 5.33. The lowest BCUT2D eigenvalue weighted by molar-refractivity contribution is 0.893. The van der Waals surface area contributed by atoms with E-state index in [1.54, 1.807) is 11.8 Å². The van der Waals surface area contributed by atoms with Crippen LogP contribution in [0.5, 0.6) is 0 Å². The van der Waals surface area contributed by atoms with Crippen LogP contribution in [-0.2, 0) is 0 Å². The van der Waals surface area contributed by atoms with Crippen LogP contribution < -0.4 is 0 Å². The molecule has 1 unspecified atom stereocenters. The van der Waals surface area contributed by atoms with Gasteiger partial charge in [0.25, 0.3) is 0 Å². The van der Waals surface area contributed by atoms with Gasteiger partial charge in [0.1, 0.15) is 0 Å². The molecule has 0 radical (unpaired) electrons. The molecule has 0 aliphatic rings. The Morgan fingerprint density at radius 2 is 2.29 bits per heavy atom. The molecule has 1 aromatic rings. The molecule has 0 N–H and O–H groups in total. The summed E-state index contributed by atoms with van der Waals surface area (Å²) in [6.45, 7) is 8.37. The van der Waals surface area contributed by atoms with Gasteiger partial charge >= 0.3 is 0 Å². The van der Waals surface area contributed by atoms with Gasteiger partial charge < -0.3 is 0 Å². The summed E-state index contributed by atoms with van der Waals surface area (Å²) in [5, 5.41) is 4.91. The molecule has 78 valence electrons. The lowest BCUT2D eigenvalue weighted by Crippen LogP contribution is -2.12. The van der Waals surface area contributed by atoms with Gasteiger partial charge in [0.2, 0.25) is 0 Å². The zero-order valence-electron chi connectivity index (χ0n) is 9.07. The predicted molar refractivity (Wildman–Crippen MR) is 67.0 cm³/mol. The van der Waals surface area contributed by atoms with Crippen LogP contribution in [0.3, 0.4) is 0 Å². The summed E-state index contributed by atoms with van der Waals surface area (Å²) in [6.07, 6.45) is 1.13. The molecule has 0 amide bonds. The Morgan fingerprint density at radius 1 is 1.64 bits per heavy atom. The first-order chi connectivity index (χ1) is 6.54. The minimum absolute atomic E-state index is 0.561. The fourth-order valence-corrected chi connectivity index (χ4v) is 2.59. The van der Waals surface area contributed by atoms with E-state index in [0.29, 0.717) is 5.25 Å². The van der Waals surface area contributed by atoms with E-state index in [9.17, 15) is 0 Å². The van der Waals surface area contributed by atoms with E-state index in [-0.39, 0.29) is 0 Å². The Kier molecular flexibility index (Phi) is 4.13. The zero-order chi connectivity index (χ0) is 10.7. The Labute approximate surface area is 95.1 Å². The average Bonchev–Trinajstić information content (AvgIpc) is 2.45. The van der Waals surface area contributed by atoms with Gasteiger partial charge in [0.15, 0.2) is 4.32 Å². The summed E-state index contributed by atoms with van der Waals surface area (Å²) < 4.78 is 2.70. The quantitative estimate of drug-likeness (QED) is 0.724. The van der Waals surface area contributed by atoms with Crippen molar-refractivity contribution >= 4 is 28.3 Å². The fraction of sp³-hybridized carbons (Fsp3) is 0.600. The number of thioether (sulfide) groups is 1. The molecule has 0 aliphatic carbocycles. The molecule has 0 saturated heterocycles. The third-order valence-electron chi connectivity index (χ3n) is 2.06. The molecule has 14 heavy (non-hydrogen) atoms. The van der Waals surface area contributed by atoms with E-state index in [1.165, 1.54) is 0 Å². The summed E-state index contributed by atoms with van der Waals surface area (Å²) in [7, 11) is 0. The summed E-state index contributed by atoms with van der Waals surface area (Å²) in [6, 6.07) is 2.05. The van der Waals surface area contributed by atoms with Gasteiger partial charge in [0, 0.05) is 10.9 Å². The van der Waals surface area contributed by atoms with Crippen molar-refractivity contribution in [2.24, 2.45) is 0 Å². The lowest BCUT2D eigenvalue weighted by atomic mass is 10.4. The van der Waals surface area contributed by atoms with Crippen LogP contribution in [0, 0.1) is 13.8 Å².